The summed E-state index contributed by atoms with van der Waals surface area (Å²) >= 11 is 0. The van der Waals surface area contributed by atoms with Gasteiger partial charge in [0.1, 0.15) is 0 Å². The minimum atomic E-state index is -2.01. The lowest BCUT2D eigenvalue weighted by molar-refractivity contribution is -0.386. The van der Waals surface area contributed by atoms with Crippen molar-refractivity contribution in [3.05, 3.63) is 27.8 Å². The Morgan fingerprint density at radius 3 is 2.47 bits per heavy atom. The maximum atomic E-state index is 10.6. The summed E-state index contributed by atoms with van der Waals surface area (Å²) < 4.78 is 0. The number of nitro benzene ring substituents is 1. The van der Waals surface area contributed by atoms with Crippen LogP contribution in [0.4, 0.5) is 5.69 Å². The highest BCUT2D eigenvalue weighted by Crippen LogP contribution is 2.37. The van der Waals surface area contributed by atoms with Crippen molar-refractivity contribution < 1.29 is 20.2 Å². The number of nitrogens with zero attached hydrogens (tertiary/aromatic N) is 3. The van der Waals surface area contributed by atoms with E-state index in [9.17, 15) is 25.4 Å². The molecule has 1 atom stereocenters. The van der Waals surface area contributed by atoms with Gasteiger partial charge in [-0.1, -0.05) is 0 Å². The molecule has 3 N–H and O–H groups in total. The normalized spacial score (nSPS) is 13.0. The van der Waals surface area contributed by atoms with Crippen LogP contribution in [0, 0.1) is 32.8 Å². The largest absolute Gasteiger partial charge is 0.504 e. The van der Waals surface area contributed by atoms with E-state index in [0.717, 1.165) is 12.1 Å². The SMILES string of the molecule is N#CCC(O)(C#N)Cc1cc(O)c(O)c([N+](=O)[O-])c1. The molecule has 0 amide bonds. The van der Waals surface area contributed by atoms with Crippen molar-refractivity contribution in [2.24, 2.45) is 0 Å². The van der Waals surface area contributed by atoms with E-state index in [1.54, 1.807) is 6.07 Å². The number of benzene rings is 1. The van der Waals surface area contributed by atoms with Crippen LogP contribution in [0.25, 0.3) is 0 Å². The number of nitriles is 2. The Morgan fingerprint density at radius 1 is 1.37 bits per heavy atom. The second-order valence-electron chi connectivity index (χ2n) is 3.89. The fraction of sp³-hybridized carbons (Fsp3) is 0.273. The number of hydrogen-bond donors (Lipinski definition) is 3. The summed E-state index contributed by atoms with van der Waals surface area (Å²) in [5, 5.41) is 56.3. The van der Waals surface area contributed by atoms with Crippen LogP contribution in [0.3, 0.4) is 0 Å². The van der Waals surface area contributed by atoms with Crippen molar-refractivity contribution in [2.75, 3.05) is 0 Å². The maximum Gasteiger partial charge on any atom is 0.314 e. The third-order valence-corrected chi connectivity index (χ3v) is 2.40. The van der Waals surface area contributed by atoms with Crippen molar-refractivity contribution in [1.29, 1.82) is 10.5 Å². The van der Waals surface area contributed by atoms with Crippen LogP contribution in [0.2, 0.25) is 0 Å². The van der Waals surface area contributed by atoms with E-state index in [1.807, 2.05) is 0 Å². The van der Waals surface area contributed by atoms with E-state index >= 15 is 0 Å². The Bertz CT molecular complexity index is 602. The van der Waals surface area contributed by atoms with Gasteiger partial charge in [0.25, 0.3) is 0 Å². The maximum absolute atomic E-state index is 10.6. The van der Waals surface area contributed by atoms with Crippen molar-refractivity contribution >= 4 is 5.69 Å². The van der Waals surface area contributed by atoms with Gasteiger partial charge in [0, 0.05) is 12.5 Å². The van der Waals surface area contributed by atoms with Crippen LogP contribution in [-0.4, -0.2) is 25.8 Å². The van der Waals surface area contributed by atoms with Gasteiger partial charge in [0.15, 0.2) is 11.4 Å². The second kappa shape index (κ2) is 5.21. The number of phenols is 2. The minimum absolute atomic E-state index is 0.0568. The van der Waals surface area contributed by atoms with Crippen LogP contribution in [-0.2, 0) is 6.42 Å². The van der Waals surface area contributed by atoms with Crippen molar-refractivity contribution in [3.8, 4) is 23.6 Å². The summed E-state index contributed by atoms with van der Waals surface area (Å²) in [6.45, 7) is 0. The van der Waals surface area contributed by atoms with E-state index in [1.165, 1.54) is 6.07 Å². The molecule has 0 saturated carbocycles. The van der Waals surface area contributed by atoms with Gasteiger partial charge >= 0.3 is 5.69 Å². The van der Waals surface area contributed by atoms with Crippen molar-refractivity contribution in [1.82, 2.24) is 0 Å². The fourth-order valence-corrected chi connectivity index (χ4v) is 1.51. The summed E-state index contributed by atoms with van der Waals surface area (Å²) in [7, 11) is 0. The molecular formula is C11H9N3O5. The van der Waals surface area contributed by atoms with Crippen LogP contribution >= 0.6 is 0 Å². The second-order valence-corrected chi connectivity index (χ2v) is 3.89. The third-order valence-electron chi connectivity index (χ3n) is 2.40. The van der Waals surface area contributed by atoms with Gasteiger partial charge in [-0.3, -0.25) is 10.1 Å². The van der Waals surface area contributed by atoms with Crippen LogP contribution in [0.5, 0.6) is 11.5 Å². The summed E-state index contributed by atoms with van der Waals surface area (Å²) in [5.74, 6) is -1.63. The predicted octanol–water partition coefficient (Wildman–Crippen LogP) is 0.717. The van der Waals surface area contributed by atoms with Crippen LogP contribution < -0.4 is 0 Å². The summed E-state index contributed by atoms with van der Waals surface area (Å²) in [5.41, 5.74) is -2.69. The quantitative estimate of drug-likeness (QED) is 0.313. The van der Waals surface area contributed by atoms with E-state index in [0.29, 0.717) is 0 Å². The topological polar surface area (TPSA) is 151 Å². The van der Waals surface area contributed by atoms with Gasteiger partial charge in [-0.25, -0.2) is 0 Å². The molecule has 0 spiro atoms. The monoisotopic (exact) mass is 263 g/mol. The molecule has 0 radical (unpaired) electrons. The number of aromatic hydroxyl groups is 2. The smallest absolute Gasteiger partial charge is 0.314 e. The molecule has 8 nitrogen and oxygen atoms in total. The first kappa shape index (κ1) is 14.2. The molecule has 0 aromatic heterocycles. The zero-order valence-corrected chi connectivity index (χ0v) is 9.57. The zero-order valence-electron chi connectivity index (χ0n) is 9.57. The molecule has 0 aliphatic rings. The lowest BCUT2D eigenvalue weighted by Crippen LogP contribution is -2.28. The average molecular weight is 263 g/mol. The molecule has 0 aliphatic carbocycles. The number of rotatable bonds is 4. The molecule has 19 heavy (non-hydrogen) atoms. The minimum Gasteiger partial charge on any atom is -0.504 e. The molecule has 8 heteroatoms. The molecule has 0 saturated heterocycles. The van der Waals surface area contributed by atoms with E-state index < -0.39 is 34.1 Å². The first-order valence-corrected chi connectivity index (χ1v) is 5.03. The molecule has 1 aromatic carbocycles. The number of aliphatic hydroxyl groups is 1. The molecule has 1 unspecified atom stereocenters. The Labute approximate surface area is 107 Å². The number of phenolic OH excluding ortho intramolecular Hbond substituents is 2. The molecule has 1 rings (SSSR count). The Kier molecular flexibility index (Phi) is 3.90. The van der Waals surface area contributed by atoms with Crippen LogP contribution in [0.1, 0.15) is 12.0 Å². The fourth-order valence-electron chi connectivity index (χ4n) is 1.51. The Hall–Kier alpha value is -2.84. The lowest BCUT2D eigenvalue weighted by Gasteiger charge is -2.16. The molecule has 0 aliphatic heterocycles. The summed E-state index contributed by atoms with van der Waals surface area (Å²) in [4.78, 5) is 9.73. The van der Waals surface area contributed by atoms with Crippen molar-refractivity contribution in [2.45, 2.75) is 18.4 Å². The van der Waals surface area contributed by atoms with Gasteiger partial charge in [-0.2, -0.15) is 10.5 Å². The average Bonchev–Trinajstić information content (AvgIpc) is 2.33. The standard InChI is InChI=1S/C11H9N3O5/c12-2-1-11(17,6-13)5-7-3-8(14(18)19)10(16)9(15)4-7/h3-4,15-17H,1,5H2. The first-order chi connectivity index (χ1) is 8.83. The summed E-state index contributed by atoms with van der Waals surface area (Å²) in [6.07, 6.45) is -0.870. The molecule has 0 bridgehead atoms. The van der Waals surface area contributed by atoms with Gasteiger partial charge < -0.3 is 15.3 Å². The molecule has 0 heterocycles. The van der Waals surface area contributed by atoms with Crippen molar-refractivity contribution in [3.63, 3.8) is 0 Å². The number of nitro groups is 1. The predicted molar refractivity (Wildman–Crippen MR) is 60.9 cm³/mol. The van der Waals surface area contributed by atoms with Gasteiger partial charge in [-0.15, -0.1) is 0 Å². The molecule has 98 valence electrons. The molecule has 1 aromatic rings. The summed E-state index contributed by atoms with van der Waals surface area (Å²) in [6, 6.07) is 5.07. The molecular weight excluding hydrogens is 254 g/mol. The van der Waals surface area contributed by atoms with Gasteiger partial charge in [0.05, 0.1) is 23.5 Å². The highest BCUT2D eigenvalue weighted by Gasteiger charge is 2.29. The number of hydrogen-bond acceptors (Lipinski definition) is 7. The highest BCUT2D eigenvalue weighted by atomic mass is 16.6. The first-order valence-electron chi connectivity index (χ1n) is 5.03. The van der Waals surface area contributed by atoms with E-state index in [2.05, 4.69) is 0 Å². The van der Waals surface area contributed by atoms with Gasteiger partial charge in [0.2, 0.25) is 5.75 Å². The van der Waals surface area contributed by atoms with E-state index in [4.69, 9.17) is 10.5 Å². The zero-order chi connectivity index (χ0) is 14.6. The molecule has 0 fully saturated rings. The van der Waals surface area contributed by atoms with Crippen LogP contribution in [0.15, 0.2) is 12.1 Å². The third kappa shape index (κ3) is 3.09. The van der Waals surface area contributed by atoms with Gasteiger partial charge in [-0.05, 0) is 11.6 Å². The Morgan fingerprint density at radius 2 is 2.00 bits per heavy atom. The highest BCUT2D eigenvalue weighted by molar-refractivity contribution is 5.56. The lowest BCUT2D eigenvalue weighted by atomic mass is 9.93. The van der Waals surface area contributed by atoms with E-state index in [-0.39, 0.29) is 12.0 Å². The Balaban J connectivity index is 3.21.